The van der Waals surface area contributed by atoms with Crippen LogP contribution in [-0.2, 0) is 4.74 Å². The Balaban J connectivity index is 4.45. The van der Waals surface area contributed by atoms with Crippen LogP contribution in [-0.4, -0.2) is 12.7 Å². The molecule has 1 nitrogen and oxygen atoms in total. The quantitative estimate of drug-likeness (QED) is 0.104. The van der Waals surface area contributed by atoms with E-state index in [9.17, 15) is 0 Å². The summed E-state index contributed by atoms with van der Waals surface area (Å²) in [5.41, 5.74) is 9.71. The monoisotopic (exact) mass is 572 g/mol. The Hall–Kier alpha value is -2.64. The van der Waals surface area contributed by atoms with Crippen molar-refractivity contribution < 1.29 is 4.74 Å². The van der Waals surface area contributed by atoms with Crippen LogP contribution >= 0.6 is 0 Å². The summed E-state index contributed by atoms with van der Waals surface area (Å²) in [4.78, 5) is 0. The van der Waals surface area contributed by atoms with Crippen LogP contribution in [0.1, 0.15) is 127 Å². The zero-order chi connectivity index (χ0) is 31.8. The van der Waals surface area contributed by atoms with E-state index < -0.39 is 0 Å². The van der Waals surface area contributed by atoms with E-state index in [0.717, 1.165) is 51.4 Å². The van der Waals surface area contributed by atoms with Gasteiger partial charge >= 0.3 is 0 Å². The molecule has 0 aromatic heterocycles. The van der Waals surface area contributed by atoms with Crippen molar-refractivity contribution in [1.82, 2.24) is 0 Å². The minimum atomic E-state index is -0.0974. The molecule has 0 aliphatic heterocycles. The first-order valence-corrected chi connectivity index (χ1v) is 16.0. The number of hydrogen-bond donors (Lipinski definition) is 0. The van der Waals surface area contributed by atoms with Crippen molar-refractivity contribution >= 4 is 0 Å². The lowest BCUT2D eigenvalue weighted by molar-refractivity contribution is 0.0255. The summed E-state index contributed by atoms with van der Waals surface area (Å²) in [5.74, 6) is 0. The van der Waals surface area contributed by atoms with Crippen LogP contribution in [0.3, 0.4) is 0 Å². The number of methoxy groups -OCH3 is 1. The molecule has 0 fully saturated rings. The normalized spacial score (nSPS) is 15.1. The van der Waals surface area contributed by atoms with Gasteiger partial charge < -0.3 is 4.74 Å². The molecule has 1 heteroatoms. The Kier molecular flexibility index (Phi) is 22.4. The van der Waals surface area contributed by atoms with Gasteiger partial charge in [-0.25, -0.2) is 0 Å². The van der Waals surface area contributed by atoms with Crippen molar-refractivity contribution in [1.29, 1.82) is 0 Å². The molecule has 0 atom stereocenters. The molecule has 0 spiro atoms. The maximum atomic E-state index is 5.47. The van der Waals surface area contributed by atoms with Crippen LogP contribution < -0.4 is 0 Å². The van der Waals surface area contributed by atoms with Crippen molar-refractivity contribution in [3.05, 3.63) is 118 Å². The third kappa shape index (κ3) is 25.1. The third-order valence-corrected chi connectivity index (χ3v) is 7.29. The van der Waals surface area contributed by atoms with E-state index in [1.165, 1.54) is 45.4 Å². The SMILES string of the molecule is COC(C)(C)C/C=C/C(C)=C/CC/C(C)=C/C=C/C(C)=C/C=C/C=C(\C)CC/C=C(\C)CC/C=C(\C)CCC=C(C)C. The highest BCUT2D eigenvalue weighted by atomic mass is 16.5. The van der Waals surface area contributed by atoms with E-state index in [1.807, 2.05) is 0 Å². The molecule has 0 N–H and O–H groups in total. The van der Waals surface area contributed by atoms with Crippen LogP contribution in [0.5, 0.6) is 0 Å². The van der Waals surface area contributed by atoms with E-state index >= 15 is 0 Å². The van der Waals surface area contributed by atoms with E-state index in [0.29, 0.717) is 0 Å². The average molecular weight is 573 g/mol. The zero-order valence-corrected chi connectivity index (χ0v) is 29.3. The minimum Gasteiger partial charge on any atom is -0.378 e. The molecule has 0 heterocycles. The fourth-order valence-corrected chi connectivity index (χ4v) is 4.11. The number of rotatable bonds is 20. The van der Waals surface area contributed by atoms with Gasteiger partial charge in [0.2, 0.25) is 0 Å². The van der Waals surface area contributed by atoms with Crippen LogP contribution in [0.25, 0.3) is 0 Å². The highest BCUT2D eigenvalue weighted by Gasteiger charge is 2.12. The first-order valence-electron chi connectivity index (χ1n) is 16.0. The highest BCUT2D eigenvalue weighted by molar-refractivity contribution is 5.27. The first-order chi connectivity index (χ1) is 19.8. The predicted molar refractivity (Wildman–Crippen MR) is 192 cm³/mol. The average Bonchev–Trinajstić information content (AvgIpc) is 2.91. The van der Waals surface area contributed by atoms with Crippen LogP contribution in [0.4, 0.5) is 0 Å². The Labute approximate surface area is 262 Å². The first kappa shape index (κ1) is 39.4. The molecule has 0 aliphatic carbocycles. The summed E-state index contributed by atoms with van der Waals surface area (Å²) in [7, 11) is 1.77. The van der Waals surface area contributed by atoms with E-state index in [1.54, 1.807) is 7.11 Å². The Morgan fingerprint density at radius 2 is 1.00 bits per heavy atom. The van der Waals surface area contributed by atoms with Gasteiger partial charge in [0.1, 0.15) is 0 Å². The molecule has 0 unspecified atom stereocenters. The summed E-state index contributed by atoms with van der Waals surface area (Å²) in [6.07, 6.45) is 39.1. The molecule has 0 radical (unpaired) electrons. The lowest BCUT2D eigenvalue weighted by atomic mass is 10.0. The molecule has 0 saturated heterocycles. The summed E-state index contributed by atoms with van der Waals surface area (Å²) >= 11 is 0. The van der Waals surface area contributed by atoms with Gasteiger partial charge in [-0.3, -0.25) is 0 Å². The minimum absolute atomic E-state index is 0.0974. The smallest absolute Gasteiger partial charge is 0.0657 e. The molecular formula is C41H64O. The topological polar surface area (TPSA) is 9.23 Å². The Morgan fingerprint density at radius 3 is 1.55 bits per heavy atom. The second-order valence-corrected chi connectivity index (χ2v) is 12.7. The third-order valence-electron chi connectivity index (χ3n) is 7.29. The van der Waals surface area contributed by atoms with E-state index in [-0.39, 0.29) is 5.60 Å². The summed E-state index contributed by atoms with van der Waals surface area (Å²) in [6.45, 7) is 21.9. The second kappa shape index (κ2) is 23.9. The van der Waals surface area contributed by atoms with Crippen molar-refractivity contribution in [2.24, 2.45) is 0 Å². The molecule has 0 saturated carbocycles. The Bertz CT molecular complexity index is 1070. The largest absolute Gasteiger partial charge is 0.378 e. The number of allylic oxidation sites excluding steroid dienone is 19. The predicted octanol–water partition coefficient (Wildman–Crippen LogP) is 13.2. The lowest BCUT2D eigenvalue weighted by Gasteiger charge is -2.20. The van der Waals surface area contributed by atoms with Crippen molar-refractivity contribution in [2.75, 3.05) is 7.11 Å². The summed E-state index contributed by atoms with van der Waals surface area (Å²) in [6, 6.07) is 0. The van der Waals surface area contributed by atoms with E-state index in [2.05, 4.69) is 148 Å². The molecule has 234 valence electrons. The number of hydrogen-bond acceptors (Lipinski definition) is 1. The van der Waals surface area contributed by atoms with Gasteiger partial charge in [-0.15, -0.1) is 0 Å². The molecule has 0 bridgehead atoms. The van der Waals surface area contributed by atoms with E-state index in [4.69, 9.17) is 4.74 Å². The second-order valence-electron chi connectivity index (χ2n) is 12.7. The fraction of sp³-hybridized carbons (Fsp3) is 0.512. The summed E-state index contributed by atoms with van der Waals surface area (Å²) in [5, 5.41) is 0. The van der Waals surface area contributed by atoms with Gasteiger partial charge in [0, 0.05) is 7.11 Å². The molecule has 0 aliphatic rings. The van der Waals surface area contributed by atoms with Gasteiger partial charge in [-0.2, -0.15) is 0 Å². The molecule has 0 amide bonds. The maximum absolute atomic E-state index is 5.47. The van der Waals surface area contributed by atoms with Crippen LogP contribution in [0.15, 0.2) is 118 Å². The molecule has 0 rings (SSSR count). The molecular weight excluding hydrogens is 508 g/mol. The molecule has 0 aromatic rings. The summed E-state index contributed by atoms with van der Waals surface area (Å²) < 4.78 is 5.47. The Morgan fingerprint density at radius 1 is 0.524 bits per heavy atom. The number of ether oxygens (including phenoxy) is 1. The van der Waals surface area contributed by atoms with Gasteiger partial charge in [-0.1, -0.05) is 118 Å². The maximum Gasteiger partial charge on any atom is 0.0657 e. The molecule has 42 heavy (non-hydrogen) atoms. The highest BCUT2D eigenvalue weighted by Crippen LogP contribution is 2.15. The van der Waals surface area contributed by atoms with Crippen molar-refractivity contribution in [2.45, 2.75) is 133 Å². The zero-order valence-electron chi connectivity index (χ0n) is 29.3. The van der Waals surface area contributed by atoms with Gasteiger partial charge in [-0.05, 0) is 127 Å². The van der Waals surface area contributed by atoms with Crippen molar-refractivity contribution in [3.63, 3.8) is 0 Å². The lowest BCUT2D eigenvalue weighted by Crippen LogP contribution is -2.20. The fourth-order valence-electron chi connectivity index (χ4n) is 4.11. The van der Waals surface area contributed by atoms with Crippen LogP contribution in [0, 0.1) is 0 Å². The van der Waals surface area contributed by atoms with Crippen LogP contribution in [0.2, 0.25) is 0 Å². The molecule has 0 aromatic carbocycles. The van der Waals surface area contributed by atoms with Gasteiger partial charge in [0.05, 0.1) is 5.60 Å². The van der Waals surface area contributed by atoms with Gasteiger partial charge in [0.15, 0.2) is 0 Å². The standard InChI is InChI=1S/C41H64O/c1-34(2)20-14-23-37(5)26-17-29-38(6)27-15-24-35(3)21-12-13-22-36(4)25-16-28-39(7)30-18-31-40(8)32-19-33-41(9,10)42-11/h12-13,16,19-22,25-28,31-32H,14-15,17-18,23-24,29-30,33H2,1-11H3/b13-12+,25-16+,32-19+,35-21+,36-22+,37-26+,38-27+,39-28+,40-31+. The van der Waals surface area contributed by atoms with Gasteiger partial charge in [0.25, 0.3) is 0 Å². The van der Waals surface area contributed by atoms with Crippen molar-refractivity contribution in [3.8, 4) is 0 Å².